The van der Waals surface area contributed by atoms with Gasteiger partial charge in [0.1, 0.15) is 11.9 Å². The molecule has 1 aromatic carbocycles. The van der Waals surface area contributed by atoms with Crippen LogP contribution in [0.1, 0.15) is 41.9 Å². The lowest BCUT2D eigenvalue weighted by atomic mass is 10.0. The van der Waals surface area contributed by atoms with Gasteiger partial charge in [-0.3, -0.25) is 14.9 Å². The van der Waals surface area contributed by atoms with Crippen LogP contribution in [0.5, 0.6) is 5.95 Å². The number of hydrogen-bond acceptors (Lipinski definition) is 6. The van der Waals surface area contributed by atoms with Crippen LogP contribution < -0.4 is 10.2 Å². The van der Waals surface area contributed by atoms with Crippen molar-refractivity contribution in [3.05, 3.63) is 84.3 Å². The van der Waals surface area contributed by atoms with Gasteiger partial charge in [-0.1, -0.05) is 17.7 Å². The Morgan fingerprint density at radius 1 is 1.24 bits per heavy atom. The van der Waals surface area contributed by atoms with Gasteiger partial charge in [-0.2, -0.15) is 0 Å². The van der Waals surface area contributed by atoms with Crippen LogP contribution in [0.2, 0.25) is 0 Å². The van der Waals surface area contributed by atoms with Crippen molar-refractivity contribution in [3.8, 4) is 5.95 Å². The van der Waals surface area contributed by atoms with Crippen molar-refractivity contribution in [1.82, 2.24) is 0 Å². The normalized spacial score (nSPS) is 18.3. The molecule has 0 bridgehead atoms. The van der Waals surface area contributed by atoms with Gasteiger partial charge in [-0.05, 0) is 44.0 Å². The highest BCUT2D eigenvalue weighted by Gasteiger charge is 2.28. The monoisotopic (exact) mass is 397 g/mol. The number of nitro groups is 1. The minimum absolute atomic E-state index is 0.0654. The zero-order valence-electron chi connectivity index (χ0n) is 16.9. The molecule has 0 amide bonds. The maximum absolute atomic E-state index is 12.4. The van der Waals surface area contributed by atoms with Crippen molar-refractivity contribution in [3.63, 3.8) is 0 Å². The Morgan fingerprint density at radius 3 is 2.55 bits per heavy atom. The van der Waals surface area contributed by atoms with Gasteiger partial charge in [0, 0.05) is 24.1 Å². The lowest BCUT2D eigenvalue weighted by molar-refractivity contribution is -0.384. The molecule has 1 aliphatic rings. The molecule has 0 spiro atoms. The maximum atomic E-state index is 12.4. The number of benzene rings is 1. The average Bonchev–Trinajstić information content (AvgIpc) is 3.14. The lowest BCUT2D eigenvalue weighted by Crippen LogP contribution is -2.15. The lowest BCUT2D eigenvalue weighted by Gasteiger charge is -2.13. The summed E-state index contributed by atoms with van der Waals surface area (Å²) in [6.45, 7) is 5.81. The Bertz CT molecular complexity index is 1050. The second-order valence-corrected chi connectivity index (χ2v) is 7.08. The van der Waals surface area contributed by atoms with Crippen molar-refractivity contribution in [1.29, 1.82) is 0 Å². The van der Waals surface area contributed by atoms with E-state index in [-0.39, 0.29) is 23.2 Å². The van der Waals surface area contributed by atoms with Crippen LogP contribution in [0, 0.1) is 24.0 Å². The standard InChI is InChI=1S/C22H23NO6/c1-13(9-16-5-7-18(8-6-16)23(25)26)10-17-11-19(28-12-17)21-14(2)20(24)15(3)22(27-4)29-21/h5-10,19H,11-12H2,1-4H3/b13-9+,17-10-/t19-/m0/s1. The smallest absolute Gasteiger partial charge is 0.291 e. The van der Waals surface area contributed by atoms with E-state index in [1.165, 1.54) is 19.2 Å². The fraction of sp³-hybridized carbons (Fsp3) is 0.318. The van der Waals surface area contributed by atoms with Gasteiger partial charge >= 0.3 is 0 Å². The van der Waals surface area contributed by atoms with Crippen LogP contribution in [0.25, 0.3) is 6.08 Å². The Hall–Kier alpha value is -3.19. The SMILES string of the molecule is COc1oc([C@@H]2C/C(=C/C(C)=C/c3ccc([N+](=O)[O-])cc3)CO2)c(C)c(=O)c1C. The zero-order valence-corrected chi connectivity index (χ0v) is 16.9. The van der Waals surface area contributed by atoms with E-state index in [2.05, 4.69) is 0 Å². The molecule has 1 aliphatic heterocycles. The Balaban J connectivity index is 1.78. The third-order valence-electron chi connectivity index (χ3n) is 4.88. The highest BCUT2D eigenvalue weighted by Crippen LogP contribution is 2.35. The first-order chi connectivity index (χ1) is 13.8. The summed E-state index contributed by atoms with van der Waals surface area (Å²) in [6.07, 6.45) is 4.25. The molecule has 1 aromatic heterocycles. The second kappa shape index (κ2) is 8.45. The Kier molecular flexibility index (Phi) is 5.98. The predicted molar refractivity (Wildman–Crippen MR) is 109 cm³/mol. The summed E-state index contributed by atoms with van der Waals surface area (Å²) in [4.78, 5) is 22.7. The zero-order chi connectivity index (χ0) is 21.1. The minimum atomic E-state index is -0.418. The quantitative estimate of drug-likeness (QED) is 0.538. The number of methoxy groups -OCH3 is 1. The van der Waals surface area contributed by atoms with E-state index in [0.717, 1.165) is 16.7 Å². The highest BCUT2D eigenvalue weighted by molar-refractivity contribution is 5.57. The van der Waals surface area contributed by atoms with Crippen molar-refractivity contribution >= 4 is 11.8 Å². The molecule has 2 heterocycles. The van der Waals surface area contributed by atoms with Gasteiger partial charge in [0.15, 0.2) is 5.43 Å². The number of nitrogens with zero attached hydrogens (tertiary/aromatic N) is 1. The van der Waals surface area contributed by atoms with Crippen LogP contribution in [0.4, 0.5) is 5.69 Å². The molecule has 0 unspecified atom stereocenters. The summed E-state index contributed by atoms with van der Waals surface area (Å²) < 4.78 is 16.8. The van der Waals surface area contributed by atoms with Gasteiger partial charge in [0.2, 0.25) is 0 Å². The average molecular weight is 397 g/mol. The van der Waals surface area contributed by atoms with Crippen molar-refractivity contribution in [2.45, 2.75) is 33.3 Å². The van der Waals surface area contributed by atoms with Gasteiger partial charge in [-0.25, -0.2) is 0 Å². The van der Waals surface area contributed by atoms with Crippen LogP contribution in [0.3, 0.4) is 0 Å². The molecular formula is C22H23NO6. The maximum Gasteiger partial charge on any atom is 0.291 e. The summed E-state index contributed by atoms with van der Waals surface area (Å²) in [5, 5.41) is 10.7. The summed E-state index contributed by atoms with van der Waals surface area (Å²) in [5.41, 5.74) is 3.90. The van der Waals surface area contributed by atoms with E-state index in [9.17, 15) is 14.9 Å². The minimum Gasteiger partial charge on any atom is -0.468 e. The number of nitro benzene ring substituents is 1. The molecule has 1 fully saturated rings. The molecule has 0 N–H and O–H groups in total. The van der Waals surface area contributed by atoms with E-state index < -0.39 is 4.92 Å². The molecule has 1 atom stereocenters. The van der Waals surface area contributed by atoms with E-state index in [4.69, 9.17) is 13.9 Å². The number of allylic oxidation sites excluding steroid dienone is 2. The third kappa shape index (κ3) is 4.46. The Morgan fingerprint density at radius 2 is 1.93 bits per heavy atom. The summed E-state index contributed by atoms with van der Waals surface area (Å²) in [7, 11) is 1.47. The molecule has 0 saturated carbocycles. The number of hydrogen-bond donors (Lipinski definition) is 0. The fourth-order valence-corrected chi connectivity index (χ4v) is 3.39. The molecule has 152 valence electrons. The second-order valence-electron chi connectivity index (χ2n) is 7.08. The first-order valence-corrected chi connectivity index (χ1v) is 9.22. The fourth-order valence-electron chi connectivity index (χ4n) is 3.39. The van der Waals surface area contributed by atoms with E-state index >= 15 is 0 Å². The van der Waals surface area contributed by atoms with Gasteiger partial charge < -0.3 is 13.9 Å². The van der Waals surface area contributed by atoms with E-state index in [0.29, 0.717) is 29.9 Å². The van der Waals surface area contributed by atoms with Crippen molar-refractivity contribution in [2.24, 2.45) is 0 Å². The van der Waals surface area contributed by atoms with Crippen LogP contribution in [-0.2, 0) is 4.74 Å². The molecule has 7 nitrogen and oxygen atoms in total. The first-order valence-electron chi connectivity index (χ1n) is 9.22. The number of ether oxygens (including phenoxy) is 2. The predicted octanol–water partition coefficient (Wildman–Crippen LogP) is 4.66. The molecule has 29 heavy (non-hydrogen) atoms. The molecule has 0 radical (unpaired) electrons. The van der Waals surface area contributed by atoms with Gasteiger partial charge in [-0.15, -0.1) is 0 Å². The van der Waals surface area contributed by atoms with Crippen molar-refractivity contribution < 1.29 is 18.8 Å². The molecular weight excluding hydrogens is 374 g/mol. The molecule has 3 rings (SSSR count). The first kappa shape index (κ1) is 20.5. The third-order valence-corrected chi connectivity index (χ3v) is 4.88. The van der Waals surface area contributed by atoms with Gasteiger partial charge in [0.25, 0.3) is 11.6 Å². The van der Waals surface area contributed by atoms with E-state index in [1.54, 1.807) is 26.0 Å². The van der Waals surface area contributed by atoms with Crippen LogP contribution >= 0.6 is 0 Å². The molecule has 7 heteroatoms. The summed E-state index contributed by atoms with van der Waals surface area (Å²) in [6, 6.07) is 6.39. The highest BCUT2D eigenvalue weighted by atomic mass is 16.6. The van der Waals surface area contributed by atoms with E-state index in [1.807, 2.05) is 19.1 Å². The van der Waals surface area contributed by atoms with Crippen LogP contribution in [0.15, 0.2) is 50.7 Å². The molecule has 2 aromatic rings. The molecule has 0 aliphatic carbocycles. The van der Waals surface area contributed by atoms with Gasteiger partial charge in [0.05, 0.1) is 24.2 Å². The Labute approximate surface area is 168 Å². The summed E-state index contributed by atoms with van der Waals surface area (Å²) in [5.74, 6) is 0.712. The topological polar surface area (TPSA) is 91.8 Å². The van der Waals surface area contributed by atoms with Crippen molar-refractivity contribution in [2.75, 3.05) is 13.7 Å². The number of rotatable bonds is 5. The molecule has 1 saturated heterocycles. The summed E-state index contributed by atoms with van der Waals surface area (Å²) >= 11 is 0. The number of non-ortho nitro benzene ring substituents is 1. The van der Waals surface area contributed by atoms with Crippen LogP contribution in [-0.4, -0.2) is 18.6 Å². The largest absolute Gasteiger partial charge is 0.468 e.